The van der Waals surface area contributed by atoms with Crippen LogP contribution >= 0.6 is 0 Å². The molecule has 1 unspecified atom stereocenters. The molecule has 7 nitrogen and oxygen atoms in total. The Hall–Kier alpha value is -1.51. The van der Waals surface area contributed by atoms with Crippen molar-refractivity contribution in [2.45, 2.75) is 31.1 Å². The Morgan fingerprint density at radius 1 is 1.38 bits per heavy atom. The Morgan fingerprint density at radius 2 is 2.10 bits per heavy atom. The Balaban J connectivity index is 2.81. The molecule has 0 heterocycles. The van der Waals surface area contributed by atoms with Gasteiger partial charge in [0.05, 0.1) is 9.82 Å². The maximum Gasteiger partial charge on any atom is 0.270 e. The quantitative estimate of drug-likeness (QED) is 0.532. The fourth-order valence-corrected chi connectivity index (χ4v) is 3.17. The van der Waals surface area contributed by atoms with E-state index < -0.39 is 14.9 Å². The van der Waals surface area contributed by atoms with Crippen molar-refractivity contribution >= 4 is 15.7 Å². The number of non-ortho nitro benzene ring substituents is 1. The first kappa shape index (κ1) is 17.5. The van der Waals surface area contributed by atoms with Gasteiger partial charge in [0, 0.05) is 25.3 Å². The molecule has 1 aromatic carbocycles. The topological polar surface area (TPSA) is 110 Å². The van der Waals surface area contributed by atoms with Crippen LogP contribution in [0.3, 0.4) is 0 Å². The highest BCUT2D eigenvalue weighted by Crippen LogP contribution is 2.18. The highest BCUT2D eigenvalue weighted by atomic mass is 32.2. The van der Waals surface area contributed by atoms with Crippen molar-refractivity contribution in [3.63, 3.8) is 0 Å². The highest BCUT2D eigenvalue weighted by molar-refractivity contribution is 7.89. The molecule has 8 heteroatoms. The van der Waals surface area contributed by atoms with E-state index >= 15 is 0 Å². The standard InChI is InChI=1S/C13H20N2O5S/c1-2-4-11(7-8-16)10-14-21(19,20)13-6-3-5-12(9-13)15(17)18/h3,5-6,9,11,14,16H,2,4,7-8,10H2,1H3. The number of nitrogens with zero attached hydrogens (tertiary/aromatic N) is 1. The molecule has 0 aromatic heterocycles. The lowest BCUT2D eigenvalue weighted by molar-refractivity contribution is -0.385. The van der Waals surface area contributed by atoms with Crippen LogP contribution in [0.2, 0.25) is 0 Å². The summed E-state index contributed by atoms with van der Waals surface area (Å²) in [5.74, 6) is 0.0495. The summed E-state index contributed by atoms with van der Waals surface area (Å²) in [6.45, 7) is 2.20. The first-order valence-electron chi connectivity index (χ1n) is 6.75. The van der Waals surface area contributed by atoms with E-state index in [1.165, 1.54) is 18.2 Å². The third-order valence-corrected chi connectivity index (χ3v) is 4.56. The fraction of sp³-hybridized carbons (Fsp3) is 0.538. The van der Waals surface area contributed by atoms with E-state index in [0.717, 1.165) is 18.9 Å². The number of hydrogen-bond acceptors (Lipinski definition) is 5. The van der Waals surface area contributed by atoms with Crippen molar-refractivity contribution in [2.24, 2.45) is 5.92 Å². The molecule has 0 saturated carbocycles. The molecule has 0 amide bonds. The minimum atomic E-state index is -3.78. The van der Waals surface area contributed by atoms with Gasteiger partial charge in [0.2, 0.25) is 10.0 Å². The SMILES string of the molecule is CCCC(CCO)CNS(=O)(=O)c1cccc([N+](=O)[O-])c1. The Bertz CT molecular complexity index is 568. The number of rotatable bonds is 9. The van der Waals surface area contributed by atoms with Crippen LogP contribution < -0.4 is 4.72 Å². The number of aliphatic hydroxyl groups excluding tert-OH is 1. The van der Waals surface area contributed by atoms with Crippen molar-refractivity contribution in [1.29, 1.82) is 0 Å². The van der Waals surface area contributed by atoms with Crippen LogP contribution in [-0.4, -0.2) is 31.6 Å². The average molecular weight is 316 g/mol. The molecule has 0 bridgehead atoms. The van der Waals surface area contributed by atoms with Gasteiger partial charge in [-0.2, -0.15) is 0 Å². The lowest BCUT2D eigenvalue weighted by Crippen LogP contribution is -2.30. The number of sulfonamides is 1. The third-order valence-electron chi connectivity index (χ3n) is 3.14. The zero-order chi connectivity index (χ0) is 15.9. The van der Waals surface area contributed by atoms with Gasteiger partial charge in [-0.1, -0.05) is 19.4 Å². The van der Waals surface area contributed by atoms with Gasteiger partial charge in [0.25, 0.3) is 5.69 Å². The van der Waals surface area contributed by atoms with Gasteiger partial charge in [0.15, 0.2) is 0 Å². The summed E-state index contributed by atoms with van der Waals surface area (Å²) in [5.41, 5.74) is -0.265. The summed E-state index contributed by atoms with van der Waals surface area (Å²) in [4.78, 5) is 9.92. The first-order valence-corrected chi connectivity index (χ1v) is 8.24. The Morgan fingerprint density at radius 3 is 2.67 bits per heavy atom. The van der Waals surface area contributed by atoms with Crippen LogP contribution in [0.5, 0.6) is 0 Å². The summed E-state index contributed by atoms with van der Waals surface area (Å²) in [6.07, 6.45) is 2.21. The minimum Gasteiger partial charge on any atom is -0.396 e. The normalized spacial score (nSPS) is 13.0. The summed E-state index contributed by atoms with van der Waals surface area (Å²) >= 11 is 0. The number of nitrogens with one attached hydrogen (secondary N) is 1. The van der Waals surface area contributed by atoms with Crippen LogP contribution in [0, 0.1) is 16.0 Å². The lowest BCUT2D eigenvalue weighted by atomic mass is 10.0. The number of hydrogen-bond donors (Lipinski definition) is 2. The molecule has 0 radical (unpaired) electrons. The highest BCUT2D eigenvalue weighted by Gasteiger charge is 2.19. The molecule has 118 valence electrons. The van der Waals surface area contributed by atoms with Gasteiger partial charge >= 0.3 is 0 Å². The van der Waals surface area contributed by atoms with Gasteiger partial charge in [0.1, 0.15) is 0 Å². The molecule has 21 heavy (non-hydrogen) atoms. The second kappa shape index (κ2) is 8.06. The fourth-order valence-electron chi connectivity index (χ4n) is 2.01. The minimum absolute atomic E-state index is 0.00318. The van der Waals surface area contributed by atoms with Crippen molar-refractivity contribution in [3.05, 3.63) is 34.4 Å². The summed E-state index contributed by atoms with van der Waals surface area (Å²) in [6, 6.07) is 4.92. The molecule has 0 saturated heterocycles. The molecule has 0 aliphatic carbocycles. The summed E-state index contributed by atoms with van der Waals surface area (Å²) in [7, 11) is -3.78. The summed E-state index contributed by atoms with van der Waals surface area (Å²) < 4.78 is 26.7. The second-order valence-corrected chi connectivity index (χ2v) is 6.54. The zero-order valence-electron chi connectivity index (χ0n) is 11.9. The van der Waals surface area contributed by atoms with Gasteiger partial charge in [-0.05, 0) is 24.8 Å². The van der Waals surface area contributed by atoms with E-state index in [1.807, 2.05) is 6.92 Å². The maximum atomic E-state index is 12.1. The smallest absolute Gasteiger partial charge is 0.270 e. The predicted octanol–water partition coefficient (Wildman–Crippen LogP) is 1.67. The van der Waals surface area contributed by atoms with Crippen LogP contribution in [-0.2, 0) is 10.0 Å². The molecule has 1 atom stereocenters. The van der Waals surface area contributed by atoms with Crippen molar-refractivity contribution in [3.8, 4) is 0 Å². The van der Waals surface area contributed by atoms with E-state index in [1.54, 1.807) is 0 Å². The molecule has 0 fully saturated rings. The van der Waals surface area contributed by atoms with Crippen LogP contribution in [0.4, 0.5) is 5.69 Å². The summed E-state index contributed by atoms with van der Waals surface area (Å²) in [5, 5.41) is 19.6. The monoisotopic (exact) mass is 316 g/mol. The van der Waals surface area contributed by atoms with E-state index in [9.17, 15) is 18.5 Å². The van der Waals surface area contributed by atoms with Gasteiger partial charge in [-0.25, -0.2) is 13.1 Å². The van der Waals surface area contributed by atoms with Gasteiger partial charge in [-0.3, -0.25) is 10.1 Å². The second-order valence-electron chi connectivity index (χ2n) is 4.77. The molecule has 0 aliphatic rings. The number of nitro benzene ring substituents is 1. The van der Waals surface area contributed by atoms with E-state index in [0.29, 0.717) is 6.42 Å². The third kappa shape index (κ3) is 5.41. The van der Waals surface area contributed by atoms with Crippen LogP contribution in [0.1, 0.15) is 26.2 Å². The van der Waals surface area contributed by atoms with E-state index in [-0.39, 0.29) is 29.7 Å². The molecular weight excluding hydrogens is 296 g/mol. The average Bonchev–Trinajstić information content (AvgIpc) is 2.45. The van der Waals surface area contributed by atoms with Crippen molar-refractivity contribution < 1.29 is 18.4 Å². The van der Waals surface area contributed by atoms with E-state index in [4.69, 9.17) is 5.11 Å². The van der Waals surface area contributed by atoms with E-state index in [2.05, 4.69) is 4.72 Å². The predicted molar refractivity (Wildman–Crippen MR) is 78.4 cm³/mol. The Labute approximate surface area is 124 Å². The molecule has 0 aliphatic heterocycles. The number of aliphatic hydroxyl groups is 1. The molecule has 1 aromatic rings. The molecule has 2 N–H and O–H groups in total. The van der Waals surface area contributed by atoms with Crippen LogP contribution in [0.25, 0.3) is 0 Å². The van der Waals surface area contributed by atoms with Crippen molar-refractivity contribution in [2.75, 3.05) is 13.2 Å². The largest absolute Gasteiger partial charge is 0.396 e. The molecular formula is C13H20N2O5S. The lowest BCUT2D eigenvalue weighted by Gasteiger charge is -2.15. The van der Waals surface area contributed by atoms with Crippen LogP contribution in [0.15, 0.2) is 29.2 Å². The Kier molecular flexibility index (Phi) is 6.73. The molecule has 0 spiro atoms. The maximum absolute atomic E-state index is 12.1. The molecule has 1 rings (SSSR count). The van der Waals surface area contributed by atoms with Gasteiger partial charge in [-0.15, -0.1) is 0 Å². The first-order chi connectivity index (χ1) is 9.90. The zero-order valence-corrected chi connectivity index (χ0v) is 12.7. The van der Waals surface area contributed by atoms with Gasteiger partial charge < -0.3 is 5.11 Å². The van der Waals surface area contributed by atoms with Crippen molar-refractivity contribution in [1.82, 2.24) is 4.72 Å². The number of benzene rings is 1. The number of nitro groups is 1.